The topological polar surface area (TPSA) is 75.7 Å². The molecule has 0 aliphatic carbocycles. The summed E-state index contributed by atoms with van der Waals surface area (Å²) in [7, 11) is -3.78. The van der Waals surface area contributed by atoms with Gasteiger partial charge in [-0.1, -0.05) is 0 Å². The zero-order valence-corrected chi connectivity index (χ0v) is 16.8. The lowest BCUT2D eigenvalue weighted by Gasteiger charge is -2.22. The lowest BCUT2D eigenvalue weighted by atomic mass is 10.2. The smallest absolute Gasteiger partial charge is 0.416 e. The van der Waals surface area contributed by atoms with Crippen LogP contribution >= 0.6 is 0 Å². The van der Waals surface area contributed by atoms with Crippen molar-refractivity contribution >= 4 is 27.3 Å². The van der Waals surface area contributed by atoms with Crippen molar-refractivity contribution in [1.82, 2.24) is 0 Å². The van der Waals surface area contributed by atoms with Crippen molar-refractivity contribution < 1.29 is 31.1 Å². The number of amides is 1. The standard InChI is InChI=1S/C19H21F3N2O4S/c1-13(2)28-17-10-8-16(9-11-17)24(29(3,26)27)12-18(25)23-15-6-4-14(5-7-15)19(20,21)22/h4-11,13H,12H2,1-3H3,(H,23,25). The van der Waals surface area contributed by atoms with Crippen LogP contribution in [0.2, 0.25) is 0 Å². The highest BCUT2D eigenvalue weighted by Crippen LogP contribution is 2.30. The molecule has 0 saturated carbocycles. The molecule has 1 amide bonds. The molecule has 10 heteroatoms. The Morgan fingerprint density at radius 3 is 2.07 bits per heavy atom. The number of halogens is 3. The number of nitrogens with zero attached hydrogens (tertiary/aromatic N) is 1. The van der Waals surface area contributed by atoms with Gasteiger partial charge in [-0.05, 0) is 62.4 Å². The van der Waals surface area contributed by atoms with Crippen LogP contribution in [0.25, 0.3) is 0 Å². The fraction of sp³-hybridized carbons (Fsp3) is 0.316. The summed E-state index contributed by atoms with van der Waals surface area (Å²) in [5.41, 5.74) is -0.472. The molecule has 0 aliphatic heterocycles. The van der Waals surface area contributed by atoms with E-state index in [9.17, 15) is 26.4 Å². The minimum atomic E-state index is -4.49. The number of rotatable bonds is 7. The second kappa shape index (κ2) is 8.73. The maximum absolute atomic E-state index is 12.6. The lowest BCUT2D eigenvalue weighted by molar-refractivity contribution is -0.137. The van der Waals surface area contributed by atoms with Crippen LogP contribution in [0.4, 0.5) is 24.5 Å². The summed E-state index contributed by atoms with van der Waals surface area (Å²) in [6.45, 7) is 3.16. The number of sulfonamides is 1. The molecular weight excluding hydrogens is 409 g/mol. The van der Waals surface area contributed by atoms with Gasteiger partial charge in [0.15, 0.2) is 0 Å². The van der Waals surface area contributed by atoms with E-state index in [4.69, 9.17) is 4.74 Å². The number of benzene rings is 2. The maximum atomic E-state index is 12.6. The molecule has 0 fully saturated rings. The second-order valence-corrected chi connectivity index (χ2v) is 8.46. The fourth-order valence-electron chi connectivity index (χ4n) is 2.44. The van der Waals surface area contributed by atoms with Gasteiger partial charge in [0.1, 0.15) is 12.3 Å². The van der Waals surface area contributed by atoms with Crippen molar-refractivity contribution in [1.29, 1.82) is 0 Å². The number of carbonyl (C=O) groups excluding carboxylic acids is 1. The first-order valence-corrected chi connectivity index (χ1v) is 10.4. The molecule has 1 N–H and O–H groups in total. The molecule has 0 spiro atoms. The van der Waals surface area contributed by atoms with E-state index in [1.165, 1.54) is 12.1 Å². The Labute approximate surface area is 167 Å². The van der Waals surface area contributed by atoms with Crippen LogP contribution in [0.5, 0.6) is 5.75 Å². The molecule has 29 heavy (non-hydrogen) atoms. The van der Waals surface area contributed by atoms with Gasteiger partial charge in [-0.3, -0.25) is 9.10 Å². The van der Waals surface area contributed by atoms with E-state index in [0.717, 1.165) is 34.8 Å². The molecule has 2 rings (SSSR count). The Hall–Kier alpha value is -2.75. The molecule has 2 aromatic carbocycles. The average Bonchev–Trinajstić information content (AvgIpc) is 2.59. The molecule has 2 aromatic rings. The lowest BCUT2D eigenvalue weighted by Crippen LogP contribution is -2.37. The van der Waals surface area contributed by atoms with Gasteiger partial charge in [0.2, 0.25) is 15.9 Å². The van der Waals surface area contributed by atoms with Gasteiger partial charge in [0.25, 0.3) is 0 Å². The van der Waals surface area contributed by atoms with Crippen molar-refractivity contribution in [2.45, 2.75) is 26.1 Å². The third-order valence-electron chi connectivity index (χ3n) is 3.68. The molecule has 0 atom stereocenters. The highest BCUT2D eigenvalue weighted by Gasteiger charge is 2.30. The first-order chi connectivity index (χ1) is 13.4. The van der Waals surface area contributed by atoms with E-state index in [1.807, 2.05) is 13.8 Å². The number of alkyl halides is 3. The number of hydrogen-bond donors (Lipinski definition) is 1. The number of nitrogens with one attached hydrogen (secondary N) is 1. The van der Waals surface area contributed by atoms with E-state index in [-0.39, 0.29) is 17.5 Å². The molecule has 0 aliphatic rings. The normalized spacial score (nSPS) is 12.0. The highest BCUT2D eigenvalue weighted by atomic mass is 32.2. The number of carbonyl (C=O) groups is 1. The van der Waals surface area contributed by atoms with Crippen molar-refractivity contribution in [2.75, 3.05) is 22.4 Å². The van der Waals surface area contributed by atoms with Crippen LogP contribution in [0.15, 0.2) is 48.5 Å². The zero-order chi connectivity index (χ0) is 21.8. The molecule has 0 heterocycles. The minimum absolute atomic E-state index is 0.0543. The summed E-state index contributed by atoms with van der Waals surface area (Å²) in [6, 6.07) is 10.0. The Kier molecular flexibility index (Phi) is 6.78. The number of anilines is 2. The van der Waals surface area contributed by atoms with Crippen LogP contribution in [-0.2, 0) is 21.0 Å². The average molecular weight is 430 g/mol. The Balaban J connectivity index is 2.13. The second-order valence-electron chi connectivity index (χ2n) is 6.55. The van der Waals surface area contributed by atoms with Gasteiger partial charge in [0, 0.05) is 5.69 Å². The Bertz CT molecular complexity index is 941. The molecule has 0 radical (unpaired) electrons. The third-order valence-corrected chi connectivity index (χ3v) is 4.82. The van der Waals surface area contributed by atoms with Gasteiger partial charge < -0.3 is 10.1 Å². The SMILES string of the molecule is CC(C)Oc1ccc(N(CC(=O)Nc2ccc(C(F)(F)F)cc2)S(C)(=O)=O)cc1. The molecule has 0 unspecified atom stereocenters. The molecule has 0 saturated heterocycles. The van der Waals surface area contributed by atoms with Gasteiger partial charge in [-0.2, -0.15) is 13.2 Å². The van der Waals surface area contributed by atoms with Crippen molar-refractivity contribution in [3.8, 4) is 5.75 Å². The predicted octanol–water partition coefficient (Wildman–Crippen LogP) is 3.90. The van der Waals surface area contributed by atoms with Crippen molar-refractivity contribution in [3.05, 3.63) is 54.1 Å². The summed E-state index contributed by atoms with van der Waals surface area (Å²) in [6.07, 6.45) is -3.58. The van der Waals surface area contributed by atoms with Crippen LogP contribution in [0.3, 0.4) is 0 Å². The summed E-state index contributed by atoms with van der Waals surface area (Å²) < 4.78 is 68.5. The van der Waals surface area contributed by atoms with E-state index >= 15 is 0 Å². The molecule has 0 bridgehead atoms. The van der Waals surface area contributed by atoms with Gasteiger partial charge in [-0.25, -0.2) is 8.42 Å². The number of hydrogen-bond acceptors (Lipinski definition) is 4. The summed E-state index contributed by atoms with van der Waals surface area (Å²) in [4.78, 5) is 12.3. The quantitative estimate of drug-likeness (QED) is 0.723. The van der Waals surface area contributed by atoms with Gasteiger partial charge in [0.05, 0.1) is 23.6 Å². The highest BCUT2D eigenvalue weighted by molar-refractivity contribution is 7.92. The fourth-order valence-corrected chi connectivity index (χ4v) is 3.29. The number of ether oxygens (including phenoxy) is 1. The molecule has 0 aromatic heterocycles. The first kappa shape index (κ1) is 22.5. The van der Waals surface area contributed by atoms with Crippen molar-refractivity contribution in [2.24, 2.45) is 0 Å². The molecule has 158 valence electrons. The predicted molar refractivity (Wildman–Crippen MR) is 104 cm³/mol. The summed E-state index contributed by atoms with van der Waals surface area (Å²) >= 11 is 0. The minimum Gasteiger partial charge on any atom is -0.491 e. The largest absolute Gasteiger partial charge is 0.491 e. The van der Waals surface area contributed by atoms with Crippen LogP contribution in [0, 0.1) is 0 Å². The van der Waals surface area contributed by atoms with Gasteiger partial charge >= 0.3 is 6.18 Å². The Morgan fingerprint density at radius 2 is 1.62 bits per heavy atom. The maximum Gasteiger partial charge on any atom is 0.416 e. The van der Waals surface area contributed by atoms with E-state index < -0.39 is 34.2 Å². The van der Waals surface area contributed by atoms with Gasteiger partial charge in [-0.15, -0.1) is 0 Å². The zero-order valence-electron chi connectivity index (χ0n) is 16.0. The molecule has 6 nitrogen and oxygen atoms in total. The molecular formula is C19H21F3N2O4S. The van der Waals surface area contributed by atoms with E-state index in [2.05, 4.69) is 5.32 Å². The third kappa shape index (κ3) is 6.67. The van der Waals surface area contributed by atoms with Crippen LogP contribution in [0.1, 0.15) is 19.4 Å². The van der Waals surface area contributed by atoms with Crippen LogP contribution < -0.4 is 14.4 Å². The van der Waals surface area contributed by atoms with Crippen molar-refractivity contribution in [3.63, 3.8) is 0 Å². The van der Waals surface area contributed by atoms with Crippen LogP contribution in [-0.4, -0.2) is 33.2 Å². The summed E-state index contributed by atoms with van der Waals surface area (Å²) in [5.74, 6) is -0.149. The van der Waals surface area contributed by atoms with E-state index in [1.54, 1.807) is 12.1 Å². The monoisotopic (exact) mass is 430 g/mol. The van der Waals surface area contributed by atoms with E-state index in [0.29, 0.717) is 5.75 Å². The first-order valence-electron chi connectivity index (χ1n) is 8.58. The summed E-state index contributed by atoms with van der Waals surface area (Å²) in [5, 5.41) is 2.39. The Morgan fingerprint density at radius 1 is 1.07 bits per heavy atom.